The maximum Gasteiger partial charge on any atom is 0.165 e. The number of aromatic nitrogens is 1. The second-order valence-electron chi connectivity index (χ2n) is 4.31. The Morgan fingerprint density at radius 1 is 1.06 bits per heavy atom. The van der Waals surface area contributed by atoms with Gasteiger partial charge < -0.3 is 4.74 Å². The predicted octanol–water partition coefficient (Wildman–Crippen LogP) is 2.89. The minimum Gasteiger partial charge on any atom is -0.496 e. The Labute approximate surface area is 105 Å². The molecule has 0 atom stereocenters. The molecular weight excluding hydrogens is 226 g/mol. The summed E-state index contributed by atoms with van der Waals surface area (Å²) in [6.45, 7) is 0. The van der Waals surface area contributed by atoms with Gasteiger partial charge in [-0.2, -0.15) is 0 Å². The zero-order valence-electron chi connectivity index (χ0n) is 10.1. The molecule has 0 aliphatic heterocycles. The lowest BCUT2D eigenvalue weighted by Gasteiger charge is -2.08. The monoisotopic (exact) mass is 239 g/mol. The average molecular weight is 239 g/mol. The molecule has 0 radical (unpaired) electrons. The molecule has 3 nitrogen and oxygen atoms in total. The molecule has 0 saturated carbocycles. The molecule has 3 rings (SSSR count). The second-order valence-corrected chi connectivity index (χ2v) is 4.31. The van der Waals surface area contributed by atoms with Crippen LogP contribution >= 0.6 is 0 Å². The summed E-state index contributed by atoms with van der Waals surface area (Å²) in [7, 11) is 1.65. The van der Waals surface area contributed by atoms with E-state index in [1.165, 1.54) is 0 Å². The normalized spacial score (nSPS) is 13.5. The molecule has 1 heterocycles. The molecule has 90 valence electrons. The molecule has 0 N–H and O–H groups in total. The number of ether oxygens (including phenoxy) is 1. The number of Topliss-reactive ketones (excluding diaryl/α,β-unsaturated/α-hetero) is 1. The summed E-state index contributed by atoms with van der Waals surface area (Å²) in [6.07, 6.45) is 1.33. The summed E-state index contributed by atoms with van der Waals surface area (Å²) >= 11 is 0. The van der Waals surface area contributed by atoms with Gasteiger partial charge in [0.2, 0.25) is 0 Å². The van der Waals surface area contributed by atoms with Crippen LogP contribution in [-0.2, 0) is 6.42 Å². The van der Waals surface area contributed by atoms with Crippen molar-refractivity contribution in [2.75, 3.05) is 7.11 Å². The van der Waals surface area contributed by atoms with E-state index in [4.69, 9.17) is 4.74 Å². The molecule has 1 aliphatic carbocycles. The molecular formula is C15H13NO2. The molecule has 0 fully saturated rings. The number of hydrogen-bond acceptors (Lipinski definition) is 3. The van der Waals surface area contributed by atoms with Crippen molar-refractivity contribution in [3.8, 4) is 17.0 Å². The van der Waals surface area contributed by atoms with Crippen LogP contribution in [0.1, 0.15) is 22.5 Å². The summed E-state index contributed by atoms with van der Waals surface area (Å²) in [5, 5.41) is 0. The van der Waals surface area contributed by atoms with Gasteiger partial charge in [0.05, 0.1) is 18.5 Å². The Bertz CT molecular complexity index is 620. The van der Waals surface area contributed by atoms with Gasteiger partial charge in [-0.1, -0.05) is 12.1 Å². The minimum absolute atomic E-state index is 0.198. The topological polar surface area (TPSA) is 39.2 Å². The molecule has 0 amide bonds. The number of pyridine rings is 1. The highest BCUT2D eigenvalue weighted by Crippen LogP contribution is 2.30. The number of methoxy groups -OCH3 is 1. The summed E-state index contributed by atoms with van der Waals surface area (Å²) in [6, 6.07) is 11.5. The number of carbonyl (C=O) groups excluding carboxylic acids is 1. The van der Waals surface area contributed by atoms with E-state index in [9.17, 15) is 4.79 Å². The van der Waals surface area contributed by atoms with Gasteiger partial charge in [0, 0.05) is 17.5 Å². The van der Waals surface area contributed by atoms with Crippen LogP contribution in [0.2, 0.25) is 0 Å². The molecule has 0 spiro atoms. The van der Waals surface area contributed by atoms with Crippen LogP contribution < -0.4 is 4.74 Å². The Hall–Kier alpha value is -2.16. The van der Waals surface area contributed by atoms with Gasteiger partial charge in [-0.15, -0.1) is 0 Å². The smallest absolute Gasteiger partial charge is 0.165 e. The van der Waals surface area contributed by atoms with E-state index in [2.05, 4.69) is 4.98 Å². The lowest BCUT2D eigenvalue weighted by atomic mass is 10.1. The van der Waals surface area contributed by atoms with E-state index >= 15 is 0 Å². The Morgan fingerprint density at radius 2 is 1.89 bits per heavy atom. The maximum atomic E-state index is 11.6. The van der Waals surface area contributed by atoms with E-state index in [-0.39, 0.29) is 5.78 Å². The minimum atomic E-state index is 0.198. The standard InChI is InChI=1S/C15H13NO2/c1-18-15-5-3-2-4-11(15)13-7-6-10-12(16-13)8-9-14(10)17/h2-7H,8-9H2,1H3. The number of para-hydroxylation sites is 1. The third kappa shape index (κ3) is 1.68. The van der Waals surface area contributed by atoms with Gasteiger partial charge in [-0.05, 0) is 30.7 Å². The highest BCUT2D eigenvalue weighted by molar-refractivity contribution is 6.00. The molecule has 1 aliphatic rings. The molecule has 3 heteroatoms. The average Bonchev–Trinajstić information content (AvgIpc) is 2.80. The fraction of sp³-hybridized carbons (Fsp3) is 0.200. The van der Waals surface area contributed by atoms with E-state index in [1.54, 1.807) is 7.11 Å². The number of aryl methyl sites for hydroxylation is 1. The molecule has 0 bridgehead atoms. The first-order chi connectivity index (χ1) is 8.79. The quantitative estimate of drug-likeness (QED) is 0.808. The van der Waals surface area contributed by atoms with Gasteiger partial charge in [0.25, 0.3) is 0 Å². The highest BCUT2D eigenvalue weighted by Gasteiger charge is 2.21. The Balaban J connectivity index is 2.11. The van der Waals surface area contributed by atoms with Crippen molar-refractivity contribution in [1.82, 2.24) is 4.98 Å². The first-order valence-electron chi connectivity index (χ1n) is 5.96. The van der Waals surface area contributed by atoms with Gasteiger partial charge in [-0.25, -0.2) is 0 Å². The molecule has 0 unspecified atom stereocenters. The van der Waals surface area contributed by atoms with E-state index < -0.39 is 0 Å². The number of fused-ring (bicyclic) bond motifs is 1. The van der Waals surface area contributed by atoms with Crippen LogP contribution in [0.15, 0.2) is 36.4 Å². The number of nitrogens with zero attached hydrogens (tertiary/aromatic N) is 1. The number of rotatable bonds is 2. The number of ketones is 1. The van der Waals surface area contributed by atoms with Gasteiger partial charge in [-0.3, -0.25) is 9.78 Å². The van der Waals surface area contributed by atoms with Gasteiger partial charge in [0.1, 0.15) is 5.75 Å². The van der Waals surface area contributed by atoms with Crippen molar-refractivity contribution < 1.29 is 9.53 Å². The second kappa shape index (κ2) is 4.26. The summed E-state index contributed by atoms with van der Waals surface area (Å²) in [5.74, 6) is 0.998. The van der Waals surface area contributed by atoms with Gasteiger partial charge in [0.15, 0.2) is 5.78 Å². The molecule has 1 aromatic heterocycles. The van der Waals surface area contributed by atoms with Crippen molar-refractivity contribution in [3.63, 3.8) is 0 Å². The predicted molar refractivity (Wildman–Crippen MR) is 68.9 cm³/mol. The zero-order chi connectivity index (χ0) is 12.5. The lowest BCUT2D eigenvalue weighted by molar-refractivity contribution is 0.0994. The van der Waals surface area contributed by atoms with Crippen LogP contribution in [-0.4, -0.2) is 17.9 Å². The lowest BCUT2D eigenvalue weighted by Crippen LogP contribution is -1.95. The summed E-state index contributed by atoms with van der Waals surface area (Å²) in [4.78, 5) is 16.2. The molecule has 2 aromatic rings. The van der Waals surface area contributed by atoms with E-state index in [0.29, 0.717) is 6.42 Å². The van der Waals surface area contributed by atoms with Crippen LogP contribution in [0.5, 0.6) is 5.75 Å². The number of carbonyl (C=O) groups is 1. The fourth-order valence-electron chi connectivity index (χ4n) is 2.32. The zero-order valence-corrected chi connectivity index (χ0v) is 10.1. The highest BCUT2D eigenvalue weighted by atomic mass is 16.5. The maximum absolute atomic E-state index is 11.6. The van der Waals surface area contributed by atoms with Crippen molar-refractivity contribution in [3.05, 3.63) is 47.7 Å². The number of hydrogen-bond donors (Lipinski definition) is 0. The van der Waals surface area contributed by atoms with E-state index in [0.717, 1.165) is 34.7 Å². The summed E-state index contributed by atoms with van der Waals surface area (Å²) in [5.41, 5.74) is 3.50. The van der Waals surface area contributed by atoms with Crippen molar-refractivity contribution in [2.24, 2.45) is 0 Å². The van der Waals surface area contributed by atoms with E-state index in [1.807, 2.05) is 36.4 Å². The molecule has 1 aromatic carbocycles. The molecule has 0 saturated heterocycles. The Kier molecular flexibility index (Phi) is 2.59. The van der Waals surface area contributed by atoms with Crippen molar-refractivity contribution in [2.45, 2.75) is 12.8 Å². The summed E-state index contributed by atoms with van der Waals surface area (Å²) < 4.78 is 5.33. The third-order valence-corrected chi connectivity index (χ3v) is 3.25. The third-order valence-electron chi connectivity index (χ3n) is 3.25. The Morgan fingerprint density at radius 3 is 2.72 bits per heavy atom. The van der Waals surface area contributed by atoms with Crippen LogP contribution in [0, 0.1) is 0 Å². The number of benzene rings is 1. The molecule has 18 heavy (non-hydrogen) atoms. The fourth-order valence-corrected chi connectivity index (χ4v) is 2.32. The van der Waals surface area contributed by atoms with Gasteiger partial charge >= 0.3 is 0 Å². The van der Waals surface area contributed by atoms with Crippen LogP contribution in [0.25, 0.3) is 11.3 Å². The van der Waals surface area contributed by atoms with Crippen molar-refractivity contribution >= 4 is 5.78 Å². The first kappa shape index (κ1) is 11.0. The SMILES string of the molecule is COc1ccccc1-c1ccc2c(n1)CCC2=O. The largest absolute Gasteiger partial charge is 0.496 e. The van der Waals surface area contributed by atoms with Crippen LogP contribution in [0.4, 0.5) is 0 Å². The first-order valence-corrected chi connectivity index (χ1v) is 5.96. The van der Waals surface area contributed by atoms with Crippen LogP contribution in [0.3, 0.4) is 0 Å². The van der Waals surface area contributed by atoms with Crippen molar-refractivity contribution in [1.29, 1.82) is 0 Å².